The van der Waals surface area contributed by atoms with Gasteiger partial charge in [0.25, 0.3) is 10.1 Å². The van der Waals surface area contributed by atoms with Crippen LogP contribution in [0.3, 0.4) is 0 Å². The second-order valence-corrected chi connectivity index (χ2v) is 12.2. The summed E-state index contributed by atoms with van der Waals surface area (Å²) in [5, 5.41) is 0. The molecular weight excluding hydrogens is 392 g/mol. The van der Waals surface area contributed by atoms with Gasteiger partial charge in [0.2, 0.25) is 0 Å². The largest absolute Gasteiger partial charge is 0.380 e. The van der Waals surface area contributed by atoms with E-state index >= 15 is 0 Å². The molecule has 0 aromatic heterocycles. The Morgan fingerprint density at radius 1 is 1.21 bits per heavy atom. The van der Waals surface area contributed by atoms with Gasteiger partial charge in [-0.1, -0.05) is 19.9 Å². The van der Waals surface area contributed by atoms with Crippen LogP contribution in [0.15, 0.2) is 12.2 Å². The Balaban J connectivity index is 1.68. The molecule has 6 nitrogen and oxygen atoms in total. The molecule has 6 aliphatic rings. The maximum absolute atomic E-state index is 14.1. The fourth-order valence-corrected chi connectivity index (χ4v) is 8.62. The van der Waals surface area contributed by atoms with E-state index in [4.69, 9.17) is 8.92 Å². The minimum atomic E-state index is -3.69. The van der Waals surface area contributed by atoms with Crippen LogP contribution in [0.1, 0.15) is 45.4 Å². The summed E-state index contributed by atoms with van der Waals surface area (Å²) in [6.45, 7) is 7.17. The van der Waals surface area contributed by atoms with Crippen molar-refractivity contribution in [3.05, 3.63) is 12.2 Å². The van der Waals surface area contributed by atoms with E-state index in [9.17, 15) is 18.0 Å². The number of fused-ring (bicyclic) bond motifs is 2. The van der Waals surface area contributed by atoms with Crippen molar-refractivity contribution in [2.75, 3.05) is 26.1 Å². The fourth-order valence-electron chi connectivity index (χ4n) is 8.23. The highest BCUT2D eigenvalue weighted by Crippen LogP contribution is 2.72. The van der Waals surface area contributed by atoms with Crippen molar-refractivity contribution >= 4 is 21.7 Å². The third-order valence-corrected chi connectivity index (χ3v) is 9.65. The summed E-state index contributed by atoms with van der Waals surface area (Å²) in [7, 11) is -3.69. The van der Waals surface area contributed by atoms with Gasteiger partial charge in [-0.3, -0.25) is 13.8 Å². The number of ketones is 2. The summed E-state index contributed by atoms with van der Waals surface area (Å²) in [4.78, 5) is 27.5. The molecule has 160 valence electrons. The highest BCUT2D eigenvalue weighted by molar-refractivity contribution is 7.85. The maximum atomic E-state index is 14.1. The Morgan fingerprint density at radius 2 is 1.97 bits per heavy atom. The van der Waals surface area contributed by atoms with E-state index < -0.39 is 21.5 Å². The molecule has 6 fully saturated rings. The predicted molar refractivity (Wildman–Crippen MR) is 105 cm³/mol. The van der Waals surface area contributed by atoms with E-state index in [1.807, 2.05) is 0 Å². The Bertz CT molecular complexity index is 894. The molecule has 1 spiro atoms. The summed E-state index contributed by atoms with van der Waals surface area (Å²) < 4.78 is 34.9. The molecule has 1 aliphatic heterocycles. The number of Topliss-reactive ketones (excluding diaryl/α,β-unsaturated/α-hetero) is 2. The van der Waals surface area contributed by atoms with Crippen LogP contribution in [0.4, 0.5) is 0 Å². The first kappa shape index (κ1) is 19.9. The highest BCUT2D eigenvalue weighted by atomic mass is 32.2. The number of allylic oxidation sites excluding steroid dienone is 1. The van der Waals surface area contributed by atoms with Gasteiger partial charge in [0, 0.05) is 11.3 Å². The zero-order valence-corrected chi connectivity index (χ0v) is 18.1. The number of ether oxygens (including phenoxy) is 1. The Morgan fingerprint density at radius 3 is 2.69 bits per heavy atom. The minimum absolute atomic E-state index is 0.0113. The molecule has 7 heteroatoms. The minimum Gasteiger partial charge on any atom is -0.380 e. The molecule has 0 radical (unpaired) electrons. The molecule has 4 bridgehead atoms. The fraction of sp³-hybridized carbons (Fsp3) is 0.818. The lowest BCUT2D eigenvalue weighted by atomic mass is 9.33. The van der Waals surface area contributed by atoms with Crippen LogP contribution in [-0.4, -0.2) is 46.1 Å². The Labute approximate surface area is 172 Å². The molecular formula is C22H30O6S. The van der Waals surface area contributed by atoms with Crippen molar-refractivity contribution in [1.82, 2.24) is 0 Å². The lowest BCUT2D eigenvalue weighted by molar-refractivity contribution is -0.252. The Kier molecular flexibility index (Phi) is 4.12. The first-order valence-electron chi connectivity index (χ1n) is 10.8. The van der Waals surface area contributed by atoms with Gasteiger partial charge in [0.05, 0.1) is 31.5 Å². The molecule has 0 amide bonds. The highest BCUT2D eigenvalue weighted by Gasteiger charge is 2.75. The standard InChI is InChI=1S/C22H30O6S/c1-13-14-5-8-22(18(13)23)16(9-14)21-7-4-6-20(2,11-27-12-21)17(21)15(19(22)24)10-28-29(3,25)26/h14-17H,1,4-12H2,2-3H3/t14-,15-,16?,17?,20-,21+,22-/m0/s1. The zero-order valence-electron chi connectivity index (χ0n) is 17.2. The number of hydrogen-bond donors (Lipinski definition) is 0. The van der Waals surface area contributed by atoms with Crippen molar-refractivity contribution in [2.24, 2.45) is 39.9 Å². The van der Waals surface area contributed by atoms with Gasteiger partial charge in [-0.2, -0.15) is 8.42 Å². The van der Waals surface area contributed by atoms with Crippen LogP contribution in [0.2, 0.25) is 0 Å². The summed E-state index contributed by atoms with van der Waals surface area (Å²) >= 11 is 0. The summed E-state index contributed by atoms with van der Waals surface area (Å²) in [5.41, 5.74) is -0.934. The molecule has 5 aliphatic carbocycles. The SMILES string of the molecule is C=C1C(=O)[C@]23CC[C@H]1CC2[C@@]12CCC[C@@](C)(COC1)C2[C@H](COS(C)(=O)=O)C3=O. The van der Waals surface area contributed by atoms with Gasteiger partial charge in [0.1, 0.15) is 0 Å². The van der Waals surface area contributed by atoms with Crippen LogP contribution in [0.25, 0.3) is 0 Å². The van der Waals surface area contributed by atoms with Crippen molar-refractivity contribution in [2.45, 2.75) is 45.4 Å². The van der Waals surface area contributed by atoms with Gasteiger partial charge in [-0.15, -0.1) is 0 Å². The third-order valence-electron chi connectivity index (χ3n) is 9.09. The summed E-state index contributed by atoms with van der Waals surface area (Å²) in [5.74, 6) is -0.657. The molecule has 7 atom stereocenters. The first-order chi connectivity index (χ1) is 13.6. The topological polar surface area (TPSA) is 86.7 Å². The zero-order chi connectivity index (χ0) is 20.8. The normalized spacial score (nSPS) is 49.0. The summed E-state index contributed by atoms with van der Waals surface area (Å²) in [6, 6.07) is 0. The van der Waals surface area contributed by atoms with Crippen LogP contribution < -0.4 is 0 Å². The van der Waals surface area contributed by atoms with Crippen LogP contribution in [0.5, 0.6) is 0 Å². The van der Waals surface area contributed by atoms with Crippen LogP contribution >= 0.6 is 0 Å². The van der Waals surface area contributed by atoms with Crippen molar-refractivity contribution in [3.63, 3.8) is 0 Å². The van der Waals surface area contributed by atoms with Crippen molar-refractivity contribution in [3.8, 4) is 0 Å². The predicted octanol–water partition coefficient (Wildman–Crippen LogP) is 2.53. The average molecular weight is 423 g/mol. The molecule has 1 heterocycles. The monoisotopic (exact) mass is 422 g/mol. The number of rotatable bonds is 3. The first-order valence-corrected chi connectivity index (χ1v) is 12.6. The summed E-state index contributed by atoms with van der Waals surface area (Å²) in [6.07, 6.45) is 6.14. The van der Waals surface area contributed by atoms with Gasteiger partial charge in [-0.05, 0) is 60.8 Å². The average Bonchev–Trinajstić information content (AvgIpc) is 2.64. The van der Waals surface area contributed by atoms with Crippen molar-refractivity contribution < 1.29 is 26.9 Å². The van der Waals surface area contributed by atoms with E-state index in [0.717, 1.165) is 38.4 Å². The molecule has 5 saturated carbocycles. The van der Waals surface area contributed by atoms with E-state index in [0.29, 0.717) is 25.2 Å². The van der Waals surface area contributed by atoms with E-state index in [1.54, 1.807) is 0 Å². The van der Waals surface area contributed by atoms with Crippen molar-refractivity contribution in [1.29, 1.82) is 0 Å². The number of carbonyl (C=O) groups excluding carboxylic acids is 2. The quantitative estimate of drug-likeness (QED) is 0.395. The molecule has 0 aromatic rings. The van der Waals surface area contributed by atoms with E-state index in [-0.39, 0.29) is 46.8 Å². The lowest BCUT2D eigenvalue weighted by Crippen LogP contribution is -2.73. The van der Waals surface area contributed by atoms with E-state index in [2.05, 4.69) is 13.5 Å². The smallest absolute Gasteiger partial charge is 0.264 e. The molecule has 1 saturated heterocycles. The molecule has 0 aromatic carbocycles. The maximum Gasteiger partial charge on any atom is 0.264 e. The molecule has 0 N–H and O–H groups in total. The van der Waals surface area contributed by atoms with Gasteiger partial charge >= 0.3 is 0 Å². The second kappa shape index (κ2) is 6.01. The van der Waals surface area contributed by atoms with Gasteiger partial charge in [0.15, 0.2) is 11.6 Å². The second-order valence-electron chi connectivity index (χ2n) is 10.5. The Hall–Kier alpha value is -1.05. The third kappa shape index (κ3) is 2.44. The van der Waals surface area contributed by atoms with Crippen LogP contribution in [-0.2, 0) is 28.6 Å². The molecule has 2 unspecified atom stereocenters. The lowest BCUT2D eigenvalue weighted by Gasteiger charge is -2.70. The number of hydrogen-bond acceptors (Lipinski definition) is 6. The molecule has 6 rings (SSSR count). The van der Waals surface area contributed by atoms with Gasteiger partial charge < -0.3 is 4.74 Å². The van der Waals surface area contributed by atoms with E-state index in [1.165, 1.54) is 0 Å². The van der Waals surface area contributed by atoms with Gasteiger partial charge in [-0.25, -0.2) is 0 Å². The molecule has 29 heavy (non-hydrogen) atoms. The number of carbonyl (C=O) groups is 2. The van der Waals surface area contributed by atoms with Crippen LogP contribution in [0, 0.1) is 39.9 Å².